The summed E-state index contributed by atoms with van der Waals surface area (Å²) in [4.78, 5) is 23.2. The number of aliphatic hydroxyl groups is 1. The maximum Gasteiger partial charge on any atom is 0.154 e. The van der Waals surface area contributed by atoms with E-state index < -0.39 is 5.60 Å². The normalized spacial score (nSPS) is 20.7. The quantitative estimate of drug-likeness (QED) is 0.426. The Morgan fingerprint density at radius 1 is 1.23 bits per heavy atom. The van der Waals surface area contributed by atoms with Crippen LogP contribution in [0.2, 0.25) is 0 Å². The Bertz CT molecular complexity index is 832. The van der Waals surface area contributed by atoms with Crippen LogP contribution < -0.4 is 9.47 Å². The molecule has 2 atom stereocenters. The molecule has 0 fully saturated rings. The largest absolute Gasteiger partial charge is 0.496 e. The zero-order valence-electron chi connectivity index (χ0n) is 18.8. The fraction of sp³-hybridized carbons (Fsp3) is 0.520. The summed E-state index contributed by atoms with van der Waals surface area (Å²) >= 11 is 0. The monoisotopic (exact) mass is 414 g/mol. The van der Waals surface area contributed by atoms with Gasteiger partial charge in [0, 0.05) is 17.0 Å². The van der Waals surface area contributed by atoms with E-state index in [1.165, 1.54) is 18.3 Å². The second kappa shape index (κ2) is 10.6. The molecule has 30 heavy (non-hydrogen) atoms. The van der Waals surface area contributed by atoms with Gasteiger partial charge in [-0.3, -0.25) is 9.59 Å². The van der Waals surface area contributed by atoms with Crippen molar-refractivity contribution < 1.29 is 24.2 Å². The summed E-state index contributed by atoms with van der Waals surface area (Å²) < 4.78 is 11.8. The minimum Gasteiger partial charge on any atom is -0.496 e. The Hall–Kier alpha value is -2.40. The summed E-state index contributed by atoms with van der Waals surface area (Å²) in [5, 5.41) is 10.1. The molecule has 1 aliphatic rings. The number of allylic oxidation sites excluding steroid dienone is 4. The first-order valence-electron chi connectivity index (χ1n) is 10.5. The Morgan fingerprint density at radius 2 is 1.97 bits per heavy atom. The lowest BCUT2D eigenvalue weighted by atomic mass is 9.77. The Labute approximate surface area is 179 Å². The molecule has 5 nitrogen and oxygen atoms in total. The molecule has 0 radical (unpaired) electrons. The van der Waals surface area contributed by atoms with Crippen molar-refractivity contribution in [3.63, 3.8) is 0 Å². The van der Waals surface area contributed by atoms with Gasteiger partial charge in [-0.05, 0) is 65.9 Å². The highest BCUT2D eigenvalue weighted by atomic mass is 16.5. The van der Waals surface area contributed by atoms with Gasteiger partial charge >= 0.3 is 0 Å². The zero-order chi connectivity index (χ0) is 22.3. The number of carbonyl (C=O) groups excluding carboxylic acids is 2. The molecular weight excluding hydrogens is 380 g/mol. The van der Waals surface area contributed by atoms with Crippen LogP contribution in [0, 0.1) is 5.92 Å². The van der Waals surface area contributed by atoms with Gasteiger partial charge in [0.15, 0.2) is 12.6 Å². The standard InChI is InChI=1S/C25H34O5/c1-17(2)8-6-9-18(3)10-7-11-25(4)20(15-27)13-21-23(29-5)12-19(14-26)22(16-28)24(21)30-25/h8,10,12,14,16,20,27H,6-7,9,11,13,15H2,1-5H3/b18-10+. The number of aldehydes is 2. The molecule has 5 heteroatoms. The predicted octanol–water partition coefficient (Wildman–Crippen LogP) is 5.10. The smallest absolute Gasteiger partial charge is 0.154 e. The van der Waals surface area contributed by atoms with Crippen LogP contribution in [-0.4, -0.2) is 37.0 Å². The number of rotatable bonds is 10. The summed E-state index contributed by atoms with van der Waals surface area (Å²) in [7, 11) is 1.52. The summed E-state index contributed by atoms with van der Waals surface area (Å²) in [5.41, 5.74) is 3.23. The topological polar surface area (TPSA) is 72.8 Å². The van der Waals surface area contributed by atoms with Crippen molar-refractivity contribution in [3.05, 3.63) is 46.1 Å². The number of hydrogen-bond acceptors (Lipinski definition) is 5. The van der Waals surface area contributed by atoms with E-state index in [-0.39, 0.29) is 23.7 Å². The van der Waals surface area contributed by atoms with Crippen molar-refractivity contribution >= 4 is 12.6 Å². The van der Waals surface area contributed by atoms with Gasteiger partial charge in [-0.15, -0.1) is 0 Å². The van der Waals surface area contributed by atoms with Crippen LogP contribution >= 0.6 is 0 Å². The Kier molecular flexibility index (Phi) is 8.42. The Balaban J connectivity index is 2.27. The van der Waals surface area contributed by atoms with Crippen LogP contribution in [0.15, 0.2) is 29.4 Å². The second-order valence-electron chi connectivity index (χ2n) is 8.53. The third-order valence-electron chi connectivity index (χ3n) is 5.97. The predicted molar refractivity (Wildman–Crippen MR) is 119 cm³/mol. The molecule has 1 aromatic carbocycles. The molecule has 0 saturated carbocycles. The molecule has 1 aliphatic heterocycles. The SMILES string of the molecule is COc1cc(C=O)c(C=O)c2c1CC(CO)C(C)(CC/C=C(\C)CCC=C(C)C)O2. The molecule has 2 unspecified atom stereocenters. The number of aliphatic hydroxyl groups excluding tert-OH is 1. The van der Waals surface area contributed by atoms with Gasteiger partial charge in [-0.1, -0.05) is 23.3 Å². The highest BCUT2D eigenvalue weighted by molar-refractivity contribution is 5.94. The minimum atomic E-state index is -0.650. The maximum atomic E-state index is 11.7. The van der Waals surface area contributed by atoms with Gasteiger partial charge in [0.2, 0.25) is 0 Å². The van der Waals surface area contributed by atoms with Gasteiger partial charge in [0.05, 0.1) is 19.3 Å². The molecule has 0 aromatic heterocycles. The molecule has 0 bridgehead atoms. The number of ether oxygens (including phenoxy) is 2. The zero-order valence-corrected chi connectivity index (χ0v) is 18.8. The van der Waals surface area contributed by atoms with Crippen LogP contribution in [0.4, 0.5) is 0 Å². The van der Waals surface area contributed by atoms with Crippen LogP contribution in [-0.2, 0) is 6.42 Å². The molecule has 2 rings (SSSR count). The fourth-order valence-corrected chi connectivity index (χ4v) is 4.01. The van der Waals surface area contributed by atoms with Crippen molar-refractivity contribution in [1.29, 1.82) is 0 Å². The summed E-state index contributed by atoms with van der Waals surface area (Å²) in [6.07, 6.45) is 9.84. The lowest BCUT2D eigenvalue weighted by Gasteiger charge is -2.43. The minimum absolute atomic E-state index is 0.0335. The third-order valence-corrected chi connectivity index (χ3v) is 5.97. The fourth-order valence-electron chi connectivity index (χ4n) is 4.01. The molecule has 0 spiro atoms. The van der Waals surface area contributed by atoms with E-state index in [4.69, 9.17) is 9.47 Å². The van der Waals surface area contributed by atoms with Gasteiger partial charge in [0.25, 0.3) is 0 Å². The maximum absolute atomic E-state index is 11.7. The first-order chi connectivity index (χ1) is 14.3. The van der Waals surface area contributed by atoms with Crippen molar-refractivity contribution in [2.24, 2.45) is 5.92 Å². The molecule has 1 aromatic rings. The van der Waals surface area contributed by atoms with Crippen LogP contribution in [0.1, 0.15) is 79.7 Å². The van der Waals surface area contributed by atoms with E-state index in [9.17, 15) is 14.7 Å². The number of carbonyl (C=O) groups is 2. The second-order valence-corrected chi connectivity index (χ2v) is 8.53. The van der Waals surface area contributed by atoms with E-state index in [1.807, 2.05) is 6.92 Å². The average Bonchev–Trinajstić information content (AvgIpc) is 2.71. The molecule has 164 valence electrons. The van der Waals surface area contributed by atoms with Gasteiger partial charge < -0.3 is 14.6 Å². The number of benzene rings is 1. The summed E-state index contributed by atoms with van der Waals surface area (Å²) in [6, 6.07) is 1.56. The summed E-state index contributed by atoms with van der Waals surface area (Å²) in [5.74, 6) is 0.774. The molecule has 0 amide bonds. The number of methoxy groups -OCH3 is 1. The van der Waals surface area contributed by atoms with Gasteiger partial charge in [-0.2, -0.15) is 0 Å². The number of fused-ring (bicyclic) bond motifs is 1. The van der Waals surface area contributed by atoms with E-state index in [1.54, 1.807) is 6.07 Å². The van der Waals surface area contributed by atoms with Crippen LogP contribution in [0.3, 0.4) is 0 Å². The van der Waals surface area contributed by atoms with Crippen LogP contribution in [0.5, 0.6) is 11.5 Å². The lowest BCUT2D eigenvalue weighted by Crippen LogP contribution is -2.47. The number of hydrogen-bond donors (Lipinski definition) is 1. The van der Waals surface area contributed by atoms with E-state index in [0.717, 1.165) is 24.8 Å². The molecule has 1 N–H and O–H groups in total. The van der Waals surface area contributed by atoms with Crippen molar-refractivity contribution in [3.8, 4) is 11.5 Å². The summed E-state index contributed by atoms with van der Waals surface area (Å²) in [6.45, 7) is 8.27. The highest BCUT2D eigenvalue weighted by Crippen LogP contribution is 2.45. The van der Waals surface area contributed by atoms with Crippen molar-refractivity contribution in [1.82, 2.24) is 0 Å². The third kappa shape index (κ3) is 5.39. The van der Waals surface area contributed by atoms with Crippen molar-refractivity contribution in [2.75, 3.05) is 13.7 Å². The van der Waals surface area contributed by atoms with Gasteiger partial charge in [-0.25, -0.2) is 0 Å². The molecule has 0 aliphatic carbocycles. The van der Waals surface area contributed by atoms with Gasteiger partial charge in [0.1, 0.15) is 17.1 Å². The lowest BCUT2D eigenvalue weighted by molar-refractivity contribution is -0.0224. The first-order valence-corrected chi connectivity index (χ1v) is 10.5. The molecular formula is C25H34O5. The molecule has 1 heterocycles. The van der Waals surface area contributed by atoms with E-state index in [2.05, 4.69) is 32.9 Å². The van der Waals surface area contributed by atoms with E-state index >= 15 is 0 Å². The van der Waals surface area contributed by atoms with Crippen LogP contribution in [0.25, 0.3) is 0 Å². The van der Waals surface area contributed by atoms with E-state index in [0.29, 0.717) is 36.9 Å². The molecule has 0 saturated heterocycles. The first kappa shape index (κ1) is 23.9. The average molecular weight is 415 g/mol. The Morgan fingerprint density at radius 3 is 2.53 bits per heavy atom. The highest BCUT2D eigenvalue weighted by Gasteiger charge is 2.42. The van der Waals surface area contributed by atoms with Crippen molar-refractivity contribution in [2.45, 2.75) is 65.4 Å².